The fraction of sp³-hybridized carbons (Fsp3) is 1.00. The Hall–Kier alpha value is -0.240. The molecule has 0 aromatic carbocycles. The van der Waals surface area contributed by atoms with Crippen molar-refractivity contribution in [2.24, 2.45) is 0 Å². The van der Waals surface area contributed by atoms with E-state index in [9.17, 15) is 5.11 Å². The summed E-state index contributed by atoms with van der Waals surface area (Å²) in [5, 5.41) is 36.2. The van der Waals surface area contributed by atoms with E-state index >= 15 is 0 Å². The van der Waals surface area contributed by atoms with Crippen LogP contribution in [0.2, 0.25) is 0 Å². The van der Waals surface area contributed by atoms with E-state index in [-0.39, 0.29) is 0 Å². The van der Waals surface area contributed by atoms with Gasteiger partial charge in [-0.05, 0) is 0 Å². The summed E-state index contributed by atoms with van der Waals surface area (Å²) in [6.45, 7) is -0.547. The highest BCUT2D eigenvalue weighted by atomic mass is 16.8. The molecular formula is C6H10O6. The van der Waals surface area contributed by atoms with Gasteiger partial charge in [-0.25, -0.2) is 0 Å². The number of aliphatic hydroxyl groups is 4. The van der Waals surface area contributed by atoms with Crippen LogP contribution in [-0.2, 0) is 9.47 Å². The lowest BCUT2D eigenvalue weighted by Gasteiger charge is -2.57. The molecule has 5 unspecified atom stereocenters. The highest BCUT2D eigenvalue weighted by Gasteiger charge is 2.65. The summed E-state index contributed by atoms with van der Waals surface area (Å²) in [5.74, 6) is -1.52. The minimum atomic E-state index is -1.52. The topological polar surface area (TPSA) is 99.4 Å². The van der Waals surface area contributed by atoms with E-state index in [4.69, 9.17) is 24.8 Å². The van der Waals surface area contributed by atoms with Crippen molar-refractivity contribution in [1.82, 2.24) is 0 Å². The van der Waals surface area contributed by atoms with Crippen LogP contribution in [0.4, 0.5) is 0 Å². The average Bonchev–Trinajstić information content (AvgIpc) is 2.07. The largest absolute Gasteiger partial charge is 0.391 e. The molecule has 6 heteroatoms. The fourth-order valence-electron chi connectivity index (χ4n) is 1.50. The van der Waals surface area contributed by atoms with E-state index < -0.39 is 37.0 Å². The highest BCUT2D eigenvalue weighted by molar-refractivity contribution is 5.04. The van der Waals surface area contributed by atoms with Crippen molar-refractivity contribution >= 4 is 0 Å². The summed E-state index contributed by atoms with van der Waals surface area (Å²) in [4.78, 5) is 0. The first-order chi connectivity index (χ1) is 5.60. The Morgan fingerprint density at radius 1 is 1.17 bits per heavy atom. The third-order valence-corrected chi connectivity index (χ3v) is 2.27. The Kier molecular flexibility index (Phi) is 1.66. The summed E-state index contributed by atoms with van der Waals surface area (Å²) in [5.41, 5.74) is 0. The van der Waals surface area contributed by atoms with Crippen LogP contribution in [0.15, 0.2) is 0 Å². The molecule has 5 atom stereocenters. The van der Waals surface area contributed by atoms with Crippen molar-refractivity contribution in [2.45, 2.75) is 30.4 Å². The highest BCUT2D eigenvalue weighted by Crippen LogP contribution is 2.42. The standard InChI is InChI=1S/C6H10O6/c7-1-6-4(9)3(11-6)2(8)5(10)12-6/h2-5,7-10H,1H2. The number of hydrogen-bond acceptors (Lipinski definition) is 6. The summed E-state index contributed by atoms with van der Waals surface area (Å²) < 4.78 is 9.57. The lowest BCUT2D eigenvalue weighted by molar-refractivity contribution is -0.496. The van der Waals surface area contributed by atoms with Gasteiger partial charge in [-0.3, -0.25) is 0 Å². The van der Waals surface area contributed by atoms with E-state index in [2.05, 4.69) is 0 Å². The molecule has 3 aliphatic rings. The molecule has 4 N–H and O–H groups in total. The van der Waals surface area contributed by atoms with E-state index in [0.29, 0.717) is 0 Å². The molecule has 0 radical (unpaired) electrons. The van der Waals surface area contributed by atoms with Gasteiger partial charge in [0.05, 0.1) is 0 Å². The molecule has 3 rings (SSSR count). The molecule has 12 heavy (non-hydrogen) atoms. The number of aliphatic hydroxyl groups excluding tert-OH is 4. The quantitative estimate of drug-likeness (QED) is 0.345. The second-order valence-corrected chi connectivity index (χ2v) is 3.00. The third-order valence-electron chi connectivity index (χ3n) is 2.27. The SMILES string of the molecule is OCC12OC(O)C(O)C(O1)C2O. The summed E-state index contributed by atoms with van der Waals surface area (Å²) in [6, 6.07) is 0. The molecule has 0 aromatic heterocycles. The van der Waals surface area contributed by atoms with Crippen molar-refractivity contribution in [3.63, 3.8) is 0 Å². The van der Waals surface area contributed by atoms with Crippen molar-refractivity contribution in [3.8, 4) is 0 Å². The molecule has 0 amide bonds. The van der Waals surface area contributed by atoms with Crippen LogP contribution < -0.4 is 0 Å². The Labute approximate surface area is 68.0 Å². The maximum Gasteiger partial charge on any atom is 0.224 e. The zero-order valence-electron chi connectivity index (χ0n) is 6.12. The molecule has 0 aliphatic carbocycles. The van der Waals surface area contributed by atoms with Gasteiger partial charge >= 0.3 is 0 Å². The number of hydrogen-bond donors (Lipinski definition) is 4. The molecule has 0 spiro atoms. The zero-order valence-corrected chi connectivity index (χ0v) is 6.12. The molecule has 0 saturated carbocycles. The van der Waals surface area contributed by atoms with Crippen molar-refractivity contribution in [3.05, 3.63) is 0 Å². The van der Waals surface area contributed by atoms with Crippen LogP contribution >= 0.6 is 0 Å². The van der Waals surface area contributed by atoms with E-state index in [1.54, 1.807) is 0 Å². The van der Waals surface area contributed by atoms with Gasteiger partial charge in [-0.2, -0.15) is 0 Å². The Morgan fingerprint density at radius 3 is 2.33 bits per heavy atom. The maximum atomic E-state index is 9.29. The second-order valence-electron chi connectivity index (χ2n) is 3.00. The number of ether oxygens (including phenoxy) is 2. The van der Waals surface area contributed by atoms with Crippen molar-refractivity contribution in [2.75, 3.05) is 6.61 Å². The Bertz CT molecular complexity index is 196. The van der Waals surface area contributed by atoms with E-state index in [1.165, 1.54) is 0 Å². The van der Waals surface area contributed by atoms with E-state index in [0.717, 1.165) is 0 Å². The molecule has 3 fully saturated rings. The lowest BCUT2D eigenvalue weighted by Crippen LogP contribution is -2.78. The van der Waals surface area contributed by atoms with Crippen LogP contribution in [0.3, 0.4) is 0 Å². The minimum Gasteiger partial charge on any atom is -0.391 e. The van der Waals surface area contributed by atoms with Crippen molar-refractivity contribution in [1.29, 1.82) is 0 Å². The van der Waals surface area contributed by atoms with Gasteiger partial charge in [0.25, 0.3) is 0 Å². The normalized spacial score (nSPS) is 58.0. The molecule has 3 saturated heterocycles. The van der Waals surface area contributed by atoms with Gasteiger partial charge < -0.3 is 29.9 Å². The smallest absolute Gasteiger partial charge is 0.224 e. The predicted octanol–water partition coefficient (Wildman–Crippen LogP) is -2.86. The second kappa shape index (κ2) is 2.38. The molecular weight excluding hydrogens is 168 g/mol. The minimum absolute atomic E-state index is 0.547. The number of fused-ring (bicyclic) bond motifs is 2. The lowest BCUT2D eigenvalue weighted by atomic mass is 9.89. The van der Waals surface area contributed by atoms with Gasteiger partial charge in [0.1, 0.15) is 24.9 Å². The summed E-state index contributed by atoms with van der Waals surface area (Å²) >= 11 is 0. The number of rotatable bonds is 1. The molecule has 70 valence electrons. The third kappa shape index (κ3) is 0.792. The zero-order chi connectivity index (χ0) is 8.93. The van der Waals surface area contributed by atoms with Crippen LogP contribution in [0.1, 0.15) is 0 Å². The van der Waals surface area contributed by atoms with Gasteiger partial charge in [0.15, 0.2) is 6.29 Å². The Morgan fingerprint density at radius 2 is 1.83 bits per heavy atom. The van der Waals surface area contributed by atoms with Crippen LogP contribution in [0.5, 0.6) is 0 Å². The van der Waals surface area contributed by atoms with Crippen LogP contribution in [0, 0.1) is 0 Å². The first-order valence-corrected chi connectivity index (χ1v) is 3.61. The van der Waals surface area contributed by atoms with Gasteiger partial charge in [0.2, 0.25) is 5.79 Å². The van der Waals surface area contributed by atoms with Gasteiger partial charge in [-0.15, -0.1) is 0 Å². The fourth-order valence-corrected chi connectivity index (χ4v) is 1.50. The summed E-state index contributed by atoms with van der Waals surface area (Å²) in [7, 11) is 0. The molecule has 3 heterocycles. The van der Waals surface area contributed by atoms with E-state index in [1.807, 2.05) is 0 Å². The summed E-state index contributed by atoms with van der Waals surface area (Å²) in [6.07, 6.45) is -4.60. The van der Waals surface area contributed by atoms with Crippen LogP contribution in [0.25, 0.3) is 0 Å². The average molecular weight is 178 g/mol. The first kappa shape index (κ1) is 8.36. The predicted molar refractivity (Wildman–Crippen MR) is 33.8 cm³/mol. The Balaban J connectivity index is 2.15. The van der Waals surface area contributed by atoms with Gasteiger partial charge in [-0.1, -0.05) is 0 Å². The molecule has 2 bridgehead atoms. The maximum absolute atomic E-state index is 9.29. The van der Waals surface area contributed by atoms with Crippen molar-refractivity contribution < 1.29 is 29.9 Å². The van der Waals surface area contributed by atoms with Gasteiger partial charge in [0, 0.05) is 0 Å². The van der Waals surface area contributed by atoms with Crippen LogP contribution in [-0.4, -0.2) is 57.4 Å². The first-order valence-electron chi connectivity index (χ1n) is 3.61. The molecule has 3 aliphatic heterocycles. The molecule has 6 nitrogen and oxygen atoms in total. The monoisotopic (exact) mass is 178 g/mol. The molecule has 0 aromatic rings.